The summed E-state index contributed by atoms with van der Waals surface area (Å²) in [6, 6.07) is 9.80. The summed E-state index contributed by atoms with van der Waals surface area (Å²) in [6.07, 6.45) is 12.8. The Bertz CT molecular complexity index is 765. The number of benzene rings is 1. The summed E-state index contributed by atoms with van der Waals surface area (Å²) >= 11 is 0. The minimum Gasteiger partial charge on any atom is -0.383 e. The molecule has 0 bridgehead atoms. The molecule has 2 aromatic rings. The molecular formula is C22H27N3O. The monoisotopic (exact) mass is 349 g/mol. The molecule has 1 heterocycles. The molecule has 4 nitrogen and oxygen atoms in total. The molecule has 1 aliphatic rings. The van der Waals surface area contributed by atoms with Crippen molar-refractivity contribution in [2.45, 2.75) is 45.4 Å². The van der Waals surface area contributed by atoms with Gasteiger partial charge in [-0.2, -0.15) is 0 Å². The molecule has 0 aliphatic heterocycles. The normalized spacial score (nSPS) is 13.8. The van der Waals surface area contributed by atoms with Crippen LogP contribution < -0.4 is 10.6 Å². The molecule has 0 atom stereocenters. The van der Waals surface area contributed by atoms with Crippen molar-refractivity contribution in [1.82, 2.24) is 4.98 Å². The molecular weight excluding hydrogens is 322 g/mol. The number of hydrogen-bond acceptors (Lipinski definition) is 3. The van der Waals surface area contributed by atoms with E-state index in [1.54, 1.807) is 18.0 Å². The minimum atomic E-state index is -0.139. The Morgan fingerprint density at radius 1 is 1.12 bits per heavy atom. The molecule has 1 amide bonds. The maximum Gasteiger partial charge on any atom is 0.257 e. The van der Waals surface area contributed by atoms with E-state index in [9.17, 15) is 4.79 Å². The molecule has 136 valence electrons. The van der Waals surface area contributed by atoms with Gasteiger partial charge in [0.1, 0.15) is 0 Å². The number of carbonyl (C=O) groups is 1. The second-order valence-electron chi connectivity index (χ2n) is 6.75. The lowest BCUT2D eigenvalue weighted by atomic mass is 9.97. The number of pyridine rings is 1. The van der Waals surface area contributed by atoms with Crippen LogP contribution in [-0.2, 0) is 6.42 Å². The van der Waals surface area contributed by atoms with Gasteiger partial charge in [-0.25, -0.2) is 0 Å². The molecule has 3 rings (SSSR count). The van der Waals surface area contributed by atoms with Gasteiger partial charge in [0.15, 0.2) is 0 Å². The molecule has 0 saturated heterocycles. The van der Waals surface area contributed by atoms with Gasteiger partial charge in [-0.05, 0) is 62.3 Å². The van der Waals surface area contributed by atoms with E-state index in [1.165, 1.54) is 31.2 Å². The molecule has 26 heavy (non-hydrogen) atoms. The van der Waals surface area contributed by atoms with Crippen LogP contribution in [0.25, 0.3) is 0 Å². The SMILES string of the molecule is CCc1ccc(NC(=O)c2cncc(NCCC3=CCCCC3)c2)cc1. The number of carbonyl (C=O) groups excluding carboxylic acids is 1. The number of amides is 1. The maximum atomic E-state index is 12.5. The number of aryl methyl sites for hydroxylation is 1. The Balaban J connectivity index is 1.55. The second kappa shape index (κ2) is 9.18. The number of nitrogens with one attached hydrogen (secondary N) is 2. The first-order chi connectivity index (χ1) is 12.7. The topological polar surface area (TPSA) is 54.0 Å². The van der Waals surface area contributed by atoms with Crippen LogP contribution in [-0.4, -0.2) is 17.4 Å². The molecule has 1 aromatic carbocycles. The Kier molecular flexibility index (Phi) is 6.42. The third-order valence-electron chi connectivity index (χ3n) is 4.78. The van der Waals surface area contributed by atoms with E-state index in [0.717, 1.165) is 30.8 Å². The highest BCUT2D eigenvalue weighted by Gasteiger charge is 2.08. The fraction of sp³-hybridized carbons (Fsp3) is 0.364. The fourth-order valence-corrected chi connectivity index (χ4v) is 3.19. The molecule has 0 saturated carbocycles. The third-order valence-corrected chi connectivity index (χ3v) is 4.78. The van der Waals surface area contributed by atoms with Crippen molar-refractivity contribution in [3.8, 4) is 0 Å². The van der Waals surface area contributed by atoms with Crippen molar-refractivity contribution >= 4 is 17.3 Å². The number of aromatic nitrogens is 1. The number of rotatable bonds is 7. The zero-order chi connectivity index (χ0) is 18.2. The van der Waals surface area contributed by atoms with Crippen molar-refractivity contribution in [1.29, 1.82) is 0 Å². The Labute approximate surface area is 155 Å². The van der Waals surface area contributed by atoms with E-state index in [4.69, 9.17) is 0 Å². The molecule has 1 aliphatic carbocycles. The van der Waals surface area contributed by atoms with Gasteiger partial charge in [-0.1, -0.05) is 30.7 Å². The number of allylic oxidation sites excluding steroid dienone is 1. The van der Waals surface area contributed by atoms with E-state index in [1.807, 2.05) is 30.3 Å². The van der Waals surface area contributed by atoms with Gasteiger partial charge in [0.2, 0.25) is 0 Å². The van der Waals surface area contributed by atoms with Crippen LogP contribution in [0.5, 0.6) is 0 Å². The number of anilines is 2. The van der Waals surface area contributed by atoms with Crippen molar-refractivity contribution < 1.29 is 4.79 Å². The van der Waals surface area contributed by atoms with Crippen LogP contribution >= 0.6 is 0 Å². The quantitative estimate of drug-likeness (QED) is 0.676. The van der Waals surface area contributed by atoms with E-state index in [-0.39, 0.29) is 5.91 Å². The van der Waals surface area contributed by atoms with E-state index in [2.05, 4.69) is 28.6 Å². The summed E-state index contributed by atoms with van der Waals surface area (Å²) in [5, 5.41) is 6.31. The minimum absolute atomic E-state index is 0.139. The summed E-state index contributed by atoms with van der Waals surface area (Å²) < 4.78 is 0. The average Bonchev–Trinajstić information content (AvgIpc) is 2.69. The highest BCUT2D eigenvalue weighted by Crippen LogP contribution is 2.20. The average molecular weight is 349 g/mol. The predicted octanol–water partition coefficient (Wildman–Crippen LogP) is 5.20. The molecule has 1 aromatic heterocycles. The van der Waals surface area contributed by atoms with Crippen LogP contribution in [0.15, 0.2) is 54.4 Å². The first-order valence-electron chi connectivity index (χ1n) is 9.51. The Hall–Kier alpha value is -2.62. The highest BCUT2D eigenvalue weighted by atomic mass is 16.1. The van der Waals surface area contributed by atoms with Gasteiger partial charge in [0.25, 0.3) is 5.91 Å². The molecule has 2 N–H and O–H groups in total. The molecule has 0 spiro atoms. The van der Waals surface area contributed by atoms with Crippen LogP contribution in [0.2, 0.25) is 0 Å². The standard InChI is InChI=1S/C22H27N3O/c1-2-17-8-10-20(11-9-17)25-22(26)19-14-21(16-23-15-19)24-13-12-18-6-4-3-5-7-18/h6,8-11,14-16,24H,2-5,7,12-13H2,1H3,(H,25,26). The van der Waals surface area contributed by atoms with Crippen LogP contribution in [0.1, 0.15) is 54.9 Å². The lowest BCUT2D eigenvalue weighted by Gasteiger charge is -2.13. The number of hydrogen-bond donors (Lipinski definition) is 2. The third kappa shape index (κ3) is 5.19. The molecule has 0 fully saturated rings. The van der Waals surface area contributed by atoms with E-state index >= 15 is 0 Å². The zero-order valence-electron chi connectivity index (χ0n) is 15.4. The van der Waals surface area contributed by atoms with Crippen LogP contribution in [0.4, 0.5) is 11.4 Å². The van der Waals surface area contributed by atoms with Crippen molar-refractivity contribution in [2.24, 2.45) is 0 Å². The summed E-state index contributed by atoms with van der Waals surface area (Å²) in [6.45, 7) is 2.99. The summed E-state index contributed by atoms with van der Waals surface area (Å²) in [7, 11) is 0. The highest BCUT2D eigenvalue weighted by molar-refractivity contribution is 6.04. The first kappa shape index (κ1) is 18.2. The van der Waals surface area contributed by atoms with Crippen LogP contribution in [0.3, 0.4) is 0 Å². The van der Waals surface area contributed by atoms with Gasteiger partial charge < -0.3 is 10.6 Å². The molecule has 4 heteroatoms. The fourth-order valence-electron chi connectivity index (χ4n) is 3.19. The van der Waals surface area contributed by atoms with Crippen molar-refractivity contribution in [3.05, 3.63) is 65.5 Å². The first-order valence-corrected chi connectivity index (χ1v) is 9.51. The lowest BCUT2D eigenvalue weighted by Crippen LogP contribution is -2.13. The molecule has 0 radical (unpaired) electrons. The number of nitrogens with zero attached hydrogens (tertiary/aromatic N) is 1. The van der Waals surface area contributed by atoms with E-state index in [0.29, 0.717) is 5.56 Å². The maximum absolute atomic E-state index is 12.5. The predicted molar refractivity (Wildman–Crippen MR) is 108 cm³/mol. The Morgan fingerprint density at radius 2 is 1.96 bits per heavy atom. The molecule has 0 unspecified atom stereocenters. The summed E-state index contributed by atoms with van der Waals surface area (Å²) in [4.78, 5) is 16.7. The second-order valence-corrected chi connectivity index (χ2v) is 6.75. The largest absolute Gasteiger partial charge is 0.383 e. The summed E-state index contributed by atoms with van der Waals surface area (Å²) in [5.74, 6) is -0.139. The van der Waals surface area contributed by atoms with Gasteiger partial charge in [-0.15, -0.1) is 0 Å². The van der Waals surface area contributed by atoms with Gasteiger partial charge in [0, 0.05) is 24.6 Å². The zero-order valence-corrected chi connectivity index (χ0v) is 15.4. The summed E-state index contributed by atoms with van der Waals surface area (Å²) in [5.41, 5.74) is 5.04. The smallest absolute Gasteiger partial charge is 0.257 e. The van der Waals surface area contributed by atoms with Crippen molar-refractivity contribution in [3.63, 3.8) is 0 Å². The van der Waals surface area contributed by atoms with Gasteiger partial charge in [0.05, 0.1) is 11.3 Å². The Morgan fingerprint density at radius 3 is 2.69 bits per heavy atom. The van der Waals surface area contributed by atoms with Gasteiger partial charge in [-0.3, -0.25) is 9.78 Å². The van der Waals surface area contributed by atoms with E-state index < -0.39 is 0 Å². The van der Waals surface area contributed by atoms with Crippen LogP contribution in [0, 0.1) is 0 Å². The lowest BCUT2D eigenvalue weighted by molar-refractivity contribution is 0.102. The van der Waals surface area contributed by atoms with Gasteiger partial charge >= 0.3 is 0 Å². The van der Waals surface area contributed by atoms with Crippen molar-refractivity contribution in [2.75, 3.05) is 17.2 Å².